The quantitative estimate of drug-likeness (QED) is 0.816. The van der Waals surface area contributed by atoms with Crippen molar-refractivity contribution in [3.63, 3.8) is 0 Å². The number of hydrogen-bond donors (Lipinski definition) is 1. The van der Waals surface area contributed by atoms with Crippen LogP contribution in [0.3, 0.4) is 0 Å². The van der Waals surface area contributed by atoms with Gasteiger partial charge in [-0.2, -0.15) is 0 Å². The van der Waals surface area contributed by atoms with E-state index in [1.807, 2.05) is 19.2 Å². The number of ether oxygens (including phenoxy) is 1. The first-order valence-corrected chi connectivity index (χ1v) is 6.32. The molecule has 1 rings (SSSR count). The van der Waals surface area contributed by atoms with Gasteiger partial charge >= 0.3 is 0 Å². The number of aromatic nitrogens is 1. The van der Waals surface area contributed by atoms with E-state index in [0.29, 0.717) is 5.92 Å². The van der Waals surface area contributed by atoms with Gasteiger partial charge in [-0.15, -0.1) is 0 Å². The highest BCUT2D eigenvalue weighted by atomic mass is 79.9. The zero-order valence-corrected chi connectivity index (χ0v) is 11.7. The third-order valence-electron chi connectivity index (χ3n) is 2.05. The molecule has 0 radical (unpaired) electrons. The molecule has 16 heavy (non-hydrogen) atoms. The number of anilines is 1. The van der Waals surface area contributed by atoms with E-state index in [1.165, 1.54) is 5.56 Å². The maximum atomic E-state index is 5.47. The van der Waals surface area contributed by atoms with Gasteiger partial charge < -0.3 is 10.1 Å². The Bertz CT molecular complexity index is 329. The lowest BCUT2D eigenvalue weighted by atomic mass is 10.2. The first-order valence-electron chi connectivity index (χ1n) is 5.53. The van der Waals surface area contributed by atoms with E-state index in [9.17, 15) is 0 Å². The molecule has 3 nitrogen and oxygen atoms in total. The van der Waals surface area contributed by atoms with Crippen LogP contribution in [0.2, 0.25) is 0 Å². The Labute approximate surface area is 106 Å². The molecule has 0 amide bonds. The van der Waals surface area contributed by atoms with Crippen LogP contribution in [0.1, 0.15) is 19.4 Å². The van der Waals surface area contributed by atoms with Crippen molar-refractivity contribution in [2.45, 2.75) is 20.8 Å². The van der Waals surface area contributed by atoms with Crippen LogP contribution in [-0.4, -0.2) is 24.7 Å². The van der Waals surface area contributed by atoms with E-state index in [4.69, 9.17) is 4.74 Å². The average Bonchev–Trinajstić information content (AvgIpc) is 2.22. The molecule has 0 atom stereocenters. The second-order valence-corrected chi connectivity index (χ2v) is 5.07. The lowest BCUT2D eigenvalue weighted by Crippen LogP contribution is -2.12. The molecule has 1 heterocycles. The van der Waals surface area contributed by atoms with Gasteiger partial charge in [-0.05, 0) is 40.4 Å². The Hall–Kier alpha value is -0.610. The lowest BCUT2D eigenvalue weighted by Gasteiger charge is -2.09. The standard InChI is InChI=1S/C12H19BrN2O/c1-9(2)8-16-5-4-14-12-6-10(3)11(13)7-15-12/h6-7,9H,4-5,8H2,1-3H3,(H,14,15). The predicted molar refractivity (Wildman–Crippen MR) is 70.8 cm³/mol. The third-order valence-corrected chi connectivity index (χ3v) is 2.88. The first kappa shape index (κ1) is 13.5. The van der Waals surface area contributed by atoms with Gasteiger partial charge in [0.05, 0.1) is 6.61 Å². The van der Waals surface area contributed by atoms with Crippen LogP contribution in [0.15, 0.2) is 16.7 Å². The molecule has 4 heteroatoms. The lowest BCUT2D eigenvalue weighted by molar-refractivity contribution is 0.118. The van der Waals surface area contributed by atoms with Gasteiger partial charge in [0, 0.05) is 23.8 Å². The molecule has 0 saturated heterocycles. The summed E-state index contributed by atoms with van der Waals surface area (Å²) in [5, 5.41) is 3.23. The molecule has 0 aliphatic rings. The molecule has 0 aliphatic heterocycles. The Morgan fingerprint density at radius 1 is 1.50 bits per heavy atom. The average molecular weight is 287 g/mol. The van der Waals surface area contributed by atoms with E-state index in [1.54, 1.807) is 0 Å². The van der Waals surface area contributed by atoms with Crippen molar-refractivity contribution in [3.05, 3.63) is 22.3 Å². The smallest absolute Gasteiger partial charge is 0.126 e. The van der Waals surface area contributed by atoms with Crippen LogP contribution in [0.25, 0.3) is 0 Å². The molecule has 0 fully saturated rings. The van der Waals surface area contributed by atoms with Crippen LogP contribution >= 0.6 is 15.9 Å². The normalized spacial score (nSPS) is 10.8. The Kier molecular flexibility index (Phi) is 5.77. The van der Waals surface area contributed by atoms with Crippen LogP contribution in [-0.2, 0) is 4.74 Å². The third kappa shape index (κ3) is 4.94. The van der Waals surface area contributed by atoms with Gasteiger partial charge in [0.2, 0.25) is 0 Å². The van der Waals surface area contributed by atoms with Gasteiger partial charge in [0.25, 0.3) is 0 Å². The maximum Gasteiger partial charge on any atom is 0.126 e. The van der Waals surface area contributed by atoms with Gasteiger partial charge in [0.1, 0.15) is 5.82 Å². The summed E-state index contributed by atoms with van der Waals surface area (Å²) in [6.07, 6.45) is 1.81. The monoisotopic (exact) mass is 286 g/mol. The zero-order chi connectivity index (χ0) is 12.0. The van der Waals surface area contributed by atoms with Crippen LogP contribution in [0.4, 0.5) is 5.82 Å². The fourth-order valence-electron chi connectivity index (χ4n) is 1.21. The van der Waals surface area contributed by atoms with Crippen molar-refractivity contribution in [1.82, 2.24) is 4.98 Å². The summed E-state index contributed by atoms with van der Waals surface area (Å²) in [4.78, 5) is 4.26. The van der Waals surface area contributed by atoms with Crippen molar-refractivity contribution < 1.29 is 4.74 Å². The zero-order valence-electron chi connectivity index (χ0n) is 10.1. The minimum Gasteiger partial charge on any atom is -0.379 e. The molecule has 0 bridgehead atoms. The van der Waals surface area contributed by atoms with Crippen molar-refractivity contribution in [2.24, 2.45) is 5.92 Å². The van der Waals surface area contributed by atoms with Crippen molar-refractivity contribution in [3.8, 4) is 0 Å². The molecule has 1 aromatic rings. The highest BCUT2D eigenvalue weighted by Gasteiger charge is 1.98. The van der Waals surface area contributed by atoms with Gasteiger partial charge in [-0.25, -0.2) is 4.98 Å². The molecular weight excluding hydrogens is 268 g/mol. The SMILES string of the molecule is Cc1cc(NCCOCC(C)C)ncc1Br. The maximum absolute atomic E-state index is 5.47. The van der Waals surface area contributed by atoms with Gasteiger partial charge in [-0.3, -0.25) is 0 Å². The first-order chi connectivity index (χ1) is 7.59. The molecular formula is C12H19BrN2O. The summed E-state index contributed by atoms with van der Waals surface area (Å²) >= 11 is 3.42. The molecule has 0 unspecified atom stereocenters. The van der Waals surface area contributed by atoms with Crippen molar-refractivity contribution in [1.29, 1.82) is 0 Å². The van der Waals surface area contributed by atoms with Crippen LogP contribution in [0.5, 0.6) is 0 Å². The number of nitrogens with one attached hydrogen (secondary N) is 1. The second-order valence-electron chi connectivity index (χ2n) is 4.21. The van der Waals surface area contributed by atoms with E-state index >= 15 is 0 Å². The minimum absolute atomic E-state index is 0.591. The highest BCUT2D eigenvalue weighted by molar-refractivity contribution is 9.10. The number of pyridine rings is 1. The van der Waals surface area contributed by atoms with Gasteiger partial charge in [-0.1, -0.05) is 13.8 Å². The van der Waals surface area contributed by atoms with E-state index < -0.39 is 0 Å². The molecule has 0 aliphatic carbocycles. The fraction of sp³-hybridized carbons (Fsp3) is 0.583. The largest absolute Gasteiger partial charge is 0.379 e. The molecule has 0 saturated carbocycles. The van der Waals surface area contributed by atoms with E-state index in [-0.39, 0.29) is 0 Å². The summed E-state index contributed by atoms with van der Waals surface area (Å²) in [6, 6.07) is 2.02. The number of hydrogen-bond acceptors (Lipinski definition) is 3. The van der Waals surface area contributed by atoms with E-state index in [0.717, 1.165) is 30.0 Å². The second kappa shape index (κ2) is 6.86. The molecule has 0 spiro atoms. The minimum atomic E-state index is 0.591. The highest BCUT2D eigenvalue weighted by Crippen LogP contribution is 2.16. The molecule has 90 valence electrons. The van der Waals surface area contributed by atoms with Crippen molar-refractivity contribution in [2.75, 3.05) is 25.1 Å². The summed E-state index contributed by atoms with van der Waals surface area (Å²) in [6.45, 7) is 8.66. The molecule has 1 aromatic heterocycles. The van der Waals surface area contributed by atoms with Crippen LogP contribution in [0, 0.1) is 12.8 Å². The molecule has 1 N–H and O–H groups in total. The Balaban J connectivity index is 2.24. The van der Waals surface area contributed by atoms with Crippen LogP contribution < -0.4 is 5.32 Å². The number of rotatable bonds is 6. The predicted octanol–water partition coefficient (Wildman–Crippen LogP) is 3.24. The number of halogens is 1. The number of nitrogens with zero attached hydrogens (tertiary/aromatic N) is 1. The van der Waals surface area contributed by atoms with Crippen molar-refractivity contribution >= 4 is 21.7 Å². The Morgan fingerprint density at radius 2 is 2.25 bits per heavy atom. The fourth-order valence-corrected chi connectivity index (χ4v) is 1.42. The Morgan fingerprint density at radius 3 is 2.88 bits per heavy atom. The van der Waals surface area contributed by atoms with Gasteiger partial charge in [0.15, 0.2) is 0 Å². The topological polar surface area (TPSA) is 34.1 Å². The summed E-state index contributed by atoms with van der Waals surface area (Å²) < 4.78 is 6.51. The summed E-state index contributed by atoms with van der Waals surface area (Å²) in [7, 11) is 0. The molecule has 0 aromatic carbocycles. The van der Waals surface area contributed by atoms with E-state index in [2.05, 4.69) is 40.1 Å². The summed E-state index contributed by atoms with van der Waals surface area (Å²) in [5.41, 5.74) is 1.18. The summed E-state index contributed by atoms with van der Waals surface area (Å²) in [5.74, 6) is 1.49. The number of aryl methyl sites for hydroxylation is 1.